The summed E-state index contributed by atoms with van der Waals surface area (Å²) in [5.41, 5.74) is -0.252. The van der Waals surface area contributed by atoms with Crippen molar-refractivity contribution in [3.63, 3.8) is 0 Å². The van der Waals surface area contributed by atoms with E-state index in [0.717, 1.165) is 32.4 Å². The quantitative estimate of drug-likeness (QED) is 0.0367. The van der Waals surface area contributed by atoms with E-state index in [9.17, 15) is 43.2 Å². The number of unbranched alkanes of at least 4 members (excludes halogenated alkanes) is 1. The smallest absolute Gasteiger partial charge is 0.343 e. The molecule has 1 aliphatic rings. The molecule has 0 aromatic heterocycles. The van der Waals surface area contributed by atoms with Gasteiger partial charge in [0.25, 0.3) is 0 Å². The van der Waals surface area contributed by atoms with Crippen LogP contribution in [0.15, 0.2) is 86.0 Å². The Labute approximate surface area is 378 Å². The molecule has 1 saturated carbocycles. The molecule has 1 fully saturated rings. The minimum absolute atomic E-state index is 0.0131. The molecule has 4 rings (SSSR count). The predicted molar refractivity (Wildman–Crippen MR) is 227 cm³/mol. The van der Waals surface area contributed by atoms with E-state index in [2.05, 4.69) is 13.2 Å². The molecule has 0 heterocycles. The van der Waals surface area contributed by atoms with Gasteiger partial charge in [-0.05, 0) is 99.2 Å². The topological polar surface area (TPSA) is 246 Å². The lowest BCUT2D eigenvalue weighted by molar-refractivity contribution is -0.151. The van der Waals surface area contributed by atoms with Crippen LogP contribution in [0.3, 0.4) is 0 Å². The number of esters is 9. The second kappa shape index (κ2) is 26.1. The van der Waals surface area contributed by atoms with E-state index >= 15 is 0 Å². The van der Waals surface area contributed by atoms with Crippen molar-refractivity contribution in [3.05, 3.63) is 103 Å². The summed E-state index contributed by atoms with van der Waals surface area (Å²) in [5.74, 6) is -7.74. The van der Waals surface area contributed by atoms with Gasteiger partial charge in [0.05, 0.1) is 57.7 Å². The number of methoxy groups -OCH3 is 2. The van der Waals surface area contributed by atoms with Crippen molar-refractivity contribution >= 4 is 53.7 Å². The van der Waals surface area contributed by atoms with E-state index in [1.165, 1.54) is 42.5 Å². The molecule has 3 aromatic carbocycles. The van der Waals surface area contributed by atoms with Crippen molar-refractivity contribution in [3.8, 4) is 28.7 Å². The van der Waals surface area contributed by atoms with Gasteiger partial charge in [0.2, 0.25) is 0 Å². The van der Waals surface area contributed by atoms with Gasteiger partial charge in [-0.3, -0.25) is 19.2 Å². The summed E-state index contributed by atoms with van der Waals surface area (Å²) in [6.07, 6.45) is 3.50. The third-order valence-electron chi connectivity index (χ3n) is 9.57. The summed E-state index contributed by atoms with van der Waals surface area (Å²) in [5, 5.41) is 0. The first-order chi connectivity index (χ1) is 31.7. The van der Waals surface area contributed by atoms with Crippen LogP contribution in [0.5, 0.6) is 28.7 Å². The van der Waals surface area contributed by atoms with Crippen LogP contribution in [0.25, 0.3) is 0 Å². The highest BCUT2D eigenvalue weighted by Crippen LogP contribution is 2.34. The average Bonchev–Trinajstić information content (AvgIpc) is 3.33. The molecular formula is C47H48O19. The van der Waals surface area contributed by atoms with E-state index in [1.807, 2.05) is 0 Å². The summed E-state index contributed by atoms with van der Waals surface area (Å²) in [6.45, 7) is 6.73. The van der Waals surface area contributed by atoms with Crippen molar-refractivity contribution in [2.24, 2.45) is 11.8 Å². The van der Waals surface area contributed by atoms with Gasteiger partial charge in [0.15, 0.2) is 0 Å². The molecule has 0 atom stereocenters. The molecular weight excluding hydrogens is 868 g/mol. The lowest BCUT2D eigenvalue weighted by Crippen LogP contribution is -2.30. The Hall–Kier alpha value is -7.83. The number of hydrogen-bond donors (Lipinski definition) is 0. The zero-order valence-corrected chi connectivity index (χ0v) is 36.2. The van der Waals surface area contributed by atoms with Crippen molar-refractivity contribution in [1.82, 2.24) is 0 Å². The third kappa shape index (κ3) is 16.1. The summed E-state index contributed by atoms with van der Waals surface area (Å²) in [7, 11) is 2.24. The predicted octanol–water partition coefficient (Wildman–Crippen LogP) is 5.64. The maximum absolute atomic E-state index is 13.2. The standard InChI is InChI=1S/C47H48O19/c1-5-39(48)60-24-8-7-23-59-32-15-13-31(14-16-32)45(54)66-38-20-18-34(28-36(38)47(56)58-4)64-44(53)30-11-9-29(10-12-30)43(52)63-33-17-19-37(35(27-33)46(55)57-3)65-42(51)22-21-41(50)62-26-25-61-40(49)6-2/h5-6,13-20,27-30H,1-2,7-12,21-26H2,3-4H3. The summed E-state index contributed by atoms with van der Waals surface area (Å²) < 4.78 is 51.7. The maximum atomic E-state index is 13.2. The first-order valence-corrected chi connectivity index (χ1v) is 20.5. The zero-order chi connectivity index (χ0) is 48.0. The normalized spacial score (nSPS) is 13.9. The van der Waals surface area contributed by atoms with Gasteiger partial charge >= 0.3 is 53.7 Å². The first kappa shape index (κ1) is 50.8. The van der Waals surface area contributed by atoms with Gasteiger partial charge in [0, 0.05) is 12.2 Å². The van der Waals surface area contributed by atoms with Crippen LogP contribution in [0.1, 0.15) is 82.4 Å². The van der Waals surface area contributed by atoms with Crippen LogP contribution in [-0.2, 0) is 52.5 Å². The Morgan fingerprint density at radius 2 is 0.970 bits per heavy atom. The number of benzene rings is 3. The molecule has 0 spiro atoms. The van der Waals surface area contributed by atoms with Crippen LogP contribution in [0.4, 0.5) is 0 Å². The molecule has 0 unspecified atom stereocenters. The minimum Gasteiger partial charge on any atom is -0.494 e. The largest absolute Gasteiger partial charge is 0.494 e. The molecule has 19 nitrogen and oxygen atoms in total. The van der Waals surface area contributed by atoms with E-state index in [1.54, 1.807) is 12.1 Å². The number of ether oxygens (including phenoxy) is 10. The van der Waals surface area contributed by atoms with Crippen molar-refractivity contribution in [2.45, 2.75) is 51.4 Å². The maximum Gasteiger partial charge on any atom is 0.343 e. The number of carbonyl (C=O) groups is 9. The Morgan fingerprint density at radius 1 is 0.515 bits per heavy atom. The fourth-order valence-electron chi connectivity index (χ4n) is 6.10. The van der Waals surface area contributed by atoms with Gasteiger partial charge in [-0.1, -0.05) is 13.2 Å². The Bertz CT molecular complexity index is 2270. The van der Waals surface area contributed by atoms with Gasteiger partial charge in [0.1, 0.15) is 53.1 Å². The number of rotatable bonds is 23. The molecule has 0 saturated heterocycles. The molecule has 350 valence electrons. The highest BCUT2D eigenvalue weighted by molar-refractivity contribution is 5.97. The Kier molecular flexibility index (Phi) is 20.1. The van der Waals surface area contributed by atoms with E-state index in [0.29, 0.717) is 25.2 Å². The third-order valence-corrected chi connectivity index (χ3v) is 9.57. The van der Waals surface area contributed by atoms with Gasteiger partial charge in [-0.25, -0.2) is 24.0 Å². The molecule has 0 radical (unpaired) electrons. The SMILES string of the molecule is C=CC(=O)OCCCCOc1ccc(C(=O)Oc2ccc(OC(=O)C3CCC(C(=O)Oc4ccc(OC(=O)CCC(=O)OCCOC(=O)C=C)c(C(=O)OC)c4)CC3)cc2C(=O)OC)cc1. The molecule has 0 N–H and O–H groups in total. The van der Waals surface area contributed by atoms with E-state index < -0.39 is 72.0 Å². The van der Waals surface area contributed by atoms with Crippen LogP contribution in [0, 0.1) is 11.8 Å². The summed E-state index contributed by atoms with van der Waals surface area (Å²) in [6, 6.07) is 13.7. The minimum atomic E-state index is -0.901. The van der Waals surface area contributed by atoms with E-state index in [-0.39, 0.29) is 91.6 Å². The molecule has 3 aromatic rings. The lowest BCUT2D eigenvalue weighted by atomic mass is 9.82. The second-order valence-electron chi connectivity index (χ2n) is 14.1. The Balaban J connectivity index is 1.26. The van der Waals surface area contributed by atoms with Crippen molar-refractivity contribution in [1.29, 1.82) is 0 Å². The Morgan fingerprint density at radius 3 is 1.48 bits per heavy atom. The fourth-order valence-corrected chi connectivity index (χ4v) is 6.10. The monoisotopic (exact) mass is 916 g/mol. The summed E-state index contributed by atoms with van der Waals surface area (Å²) in [4.78, 5) is 111. The van der Waals surface area contributed by atoms with Gasteiger partial charge in [-0.2, -0.15) is 0 Å². The highest BCUT2D eigenvalue weighted by atomic mass is 16.6. The van der Waals surface area contributed by atoms with Gasteiger partial charge < -0.3 is 47.4 Å². The van der Waals surface area contributed by atoms with Crippen LogP contribution in [-0.4, -0.2) is 94.4 Å². The fraction of sp³-hybridized carbons (Fsp3) is 0.340. The summed E-state index contributed by atoms with van der Waals surface area (Å²) >= 11 is 0. The lowest BCUT2D eigenvalue weighted by Gasteiger charge is -2.26. The second-order valence-corrected chi connectivity index (χ2v) is 14.1. The molecule has 66 heavy (non-hydrogen) atoms. The molecule has 0 bridgehead atoms. The molecule has 1 aliphatic carbocycles. The molecule has 0 amide bonds. The van der Waals surface area contributed by atoms with Crippen LogP contribution >= 0.6 is 0 Å². The van der Waals surface area contributed by atoms with Crippen LogP contribution < -0.4 is 23.7 Å². The van der Waals surface area contributed by atoms with Crippen molar-refractivity contribution in [2.75, 3.05) is 40.6 Å². The molecule has 0 aliphatic heterocycles. The average molecular weight is 917 g/mol. The van der Waals surface area contributed by atoms with Crippen LogP contribution in [0.2, 0.25) is 0 Å². The van der Waals surface area contributed by atoms with Gasteiger partial charge in [-0.15, -0.1) is 0 Å². The van der Waals surface area contributed by atoms with E-state index in [4.69, 9.17) is 47.4 Å². The highest BCUT2D eigenvalue weighted by Gasteiger charge is 2.33. The number of hydrogen-bond acceptors (Lipinski definition) is 19. The molecule has 19 heteroatoms. The first-order valence-electron chi connectivity index (χ1n) is 20.5. The zero-order valence-electron chi connectivity index (χ0n) is 36.2. The number of carbonyl (C=O) groups excluding carboxylic acids is 9. The van der Waals surface area contributed by atoms with Crippen molar-refractivity contribution < 1.29 is 90.5 Å².